The Morgan fingerprint density at radius 3 is 2.52 bits per heavy atom. The number of nitrogen functional groups attached to an aromatic ring is 1. The van der Waals surface area contributed by atoms with Gasteiger partial charge >= 0.3 is 5.97 Å². The SMILES string of the molecule is CC(C)=C(C(=O)O)c1ccccc1COc1ccc(N)cc1F. The van der Waals surface area contributed by atoms with E-state index < -0.39 is 11.8 Å². The Hall–Kier alpha value is -2.82. The molecule has 0 aromatic heterocycles. The second-order valence-corrected chi connectivity index (χ2v) is 5.32. The maximum Gasteiger partial charge on any atom is 0.336 e. The Balaban J connectivity index is 2.31. The topological polar surface area (TPSA) is 72.5 Å². The lowest BCUT2D eigenvalue weighted by Gasteiger charge is -2.13. The maximum atomic E-state index is 13.8. The van der Waals surface area contributed by atoms with Gasteiger partial charge in [0, 0.05) is 11.8 Å². The van der Waals surface area contributed by atoms with Crippen LogP contribution in [0.2, 0.25) is 0 Å². The van der Waals surface area contributed by atoms with Crippen molar-refractivity contribution in [2.24, 2.45) is 0 Å². The first kappa shape index (κ1) is 16.5. The van der Waals surface area contributed by atoms with Gasteiger partial charge in [0.1, 0.15) is 6.61 Å². The molecule has 3 N–H and O–H groups in total. The molecule has 120 valence electrons. The number of rotatable bonds is 5. The average molecular weight is 315 g/mol. The van der Waals surface area contributed by atoms with E-state index in [4.69, 9.17) is 10.5 Å². The molecule has 0 radical (unpaired) electrons. The highest BCUT2D eigenvalue weighted by molar-refractivity contribution is 6.16. The van der Waals surface area contributed by atoms with E-state index in [9.17, 15) is 14.3 Å². The van der Waals surface area contributed by atoms with Crippen molar-refractivity contribution in [3.63, 3.8) is 0 Å². The fourth-order valence-electron chi connectivity index (χ4n) is 2.28. The molecule has 0 fully saturated rings. The molecule has 2 aromatic carbocycles. The van der Waals surface area contributed by atoms with Gasteiger partial charge < -0.3 is 15.6 Å². The van der Waals surface area contributed by atoms with Crippen LogP contribution in [0.1, 0.15) is 25.0 Å². The molecule has 0 unspecified atom stereocenters. The van der Waals surface area contributed by atoms with Crippen LogP contribution in [0.3, 0.4) is 0 Å². The van der Waals surface area contributed by atoms with E-state index in [1.807, 2.05) is 0 Å². The van der Waals surface area contributed by atoms with E-state index >= 15 is 0 Å². The Labute approximate surface area is 134 Å². The molecular formula is C18H18FNO3. The van der Waals surface area contributed by atoms with Gasteiger partial charge in [-0.2, -0.15) is 0 Å². The van der Waals surface area contributed by atoms with Crippen molar-refractivity contribution in [3.05, 3.63) is 65.0 Å². The van der Waals surface area contributed by atoms with E-state index in [1.54, 1.807) is 44.2 Å². The van der Waals surface area contributed by atoms with Gasteiger partial charge in [0.15, 0.2) is 11.6 Å². The first-order valence-corrected chi connectivity index (χ1v) is 7.07. The number of carbonyl (C=O) groups is 1. The van der Waals surface area contributed by atoms with Crippen LogP contribution in [0.15, 0.2) is 48.0 Å². The highest BCUT2D eigenvalue weighted by atomic mass is 19.1. The van der Waals surface area contributed by atoms with Gasteiger partial charge in [-0.1, -0.05) is 29.8 Å². The zero-order valence-corrected chi connectivity index (χ0v) is 13.0. The summed E-state index contributed by atoms with van der Waals surface area (Å²) < 4.78 is 19.2. The lowest BCUT2D eigenvalue weighted by Crippen LogP contribution is -2.07. The summed E-state index contributed by atoms with van der Waals surface area (Å²) in [5, 5.41) is 9.41. The minimum Gasteiger partial charge on any atom is -0.486 e. The van der Waals surface area contributed by atoms with Crippen LogP contribution >= 0.6 is 0 Å². The lowest BCUT2D eigenvalue weighted by molar-refractivity contribution is -0.130. The molecule has 0 bridgehead atoms. The molecule has 0 spiro atoms. The Morgan fingerprint density at radius 1 is 1.22 bits per heavy atom. The molecule has 0 atom stereocenters. The van der Waals surface area contributed by atoms with Crippen LogP contribution in [0.4, 0.5) is 10.1 Å². The molecular weight excluding hydrogens is 297 g/mol. The van der Waals surface area contributed by atoms with E-state index in [0.717, 1.165) is 0 Å². The molecule has 0 saturated carbocycles. The first-order valence-electron chi connectivity index (χ1n) is 7.07. The summed E-state index contributed by atoms with van der Waals surface area (Å²) in [7, 11) is 0. The van der Waals surface area contributed by atoms with E-state index in [-0.39, 0.29) is 17.9 Å². The zero-order valence-electron chi connectivity index (χ0n) is 13.0. The van der Waals surface area contributed by atoms with Crippen molar-refractivity contribution in [2.45, 2.75) is 20.5 Å². The second kappa shape index (κ2) is 6.96. The molecule has 2 rings (SSSR count). The minimum absolute atomic E-state index is 0.0566. The number of halogens is 1. The van der Waals surface area contributed by atoms with Gasteiger partial charge in [-0.05, 0) is 37.1 Å². The van der Waals surface area contributed by atoms with Crippen LogP contribution in [0, 0.1) is 5.82 Å². The summed E-state index contributed by atoms with van der Waals surface area (Å²) in [6, 6.07) is 11.2. The number of allylic oxidation sites excluding steroid dienone is 1. The minimum atomic E-state index is -1.00. The van der Waals surface area contributed by atoms with Crippen molar-refractivity contribution in [2.75, 3.05) is 5.73 Å². The monoisotopic (exact) mass is 315 g/mol. The number of hydrogen-bond donors (Lipinski definition) is 2. The van der Waals surface area contributed by atoms with Crippen molar-refractivity contribution in [1.29, 1.82) is 0 Å². The summed E-state index contributed by atoms with van der Waals surface area (Å²) in [5.41, 5.74) is 7.95. The number of anilines is 1. The first-order chi connectivity index (χ1) is 10.9. The van der Waals surface area contributed by atoms with Gasteiger partial charge in [0.2, 0.25) is 0 Å². The zero-order chi connectivity index (χ0) is 17.0. The average Bonchev–Trinajstić information content (AvgIpc) is 2.47. The molecule has 0 aliphatic rings. The predicted molar refractivity (Wildman–Crippen MR) is 87.5 cm³/mol. The van der Waals surface area contributed by atoms with E-state index in [0.29, 0.717) is 22.4 Å². The highest BCUT2D eigenvalue weighted by Crippen LogP contribution is 2.25. The molecule has 2 aromatic rings. The van der Waals surface area contributed by atoms with E-state index in [2.05, 4.69) is 0 Å². The normalized spacial score (nSPS) is 10.2. The fourth-order valence-corrected chi connectivity index (χ4v) is 2.28. The third-order valence-corrected chi connectivity index (χ3v) is 3.34. The fraction of sp³-hybridized carbons (Fsp3) is 0.167. The summed E-state index contributed by atoms with van der Waals surface area (Å²) >= 11 is 0. The summed E-state index contributed by atoms with van der Waals surface area (Å²) in [5.74, 6) is -1.48. The van der Waals surface area contributed by atoms with Gasteiger partial charge in [-0.15, -0.1) is 0 Å². The van der Waals surface area contributed by atoms with Crippen LogP contribution in [0.25, 0.3) is 5.57 Å². The molecule has 0 aliphatic heterocycles. The van der Waals surface area contributed by atoms with Crippen molar-refractivity contribution >= 4 is 17.2 Å². The number of carboxylic acid groups (broad SMARTS) is 1. The smallest absolute Gasteiger partial charge is 0.336 e. The second-order valence-electron chi connectivity index (χ2n) is 5.32. The van der Waals surface area contributed by atoms with Crippen molar-refractivity contribution in [1.82, 2.24) is 0 Å². The predicted octanol–water partition coefficient (Wildman–Crippen LogP) is 3.86. The Morgan fingerprint density at radius 2 is 1.91 bits per heavy atom. The standard InChI is InChI=1S/C18H18FNO3/c1-11(2)17(18(21)22)14-6-4-3-5-12(14)10-23-16-8-7-13(20)9-15(16)19/h3-9H,10,20H2,1-2H3,(H,21,22). The third kappa shape index (κ3) is 3.88. The highest BCUT2D eigenvalue weighted by Gasteiger charge is 2.16. The maximum absolute atomic E-state index is 13.8. The van der Waals surface area contributed by atoms with Gasteiger partial charge in [-0.25, -0.2) is 9.18 Å². The lowest BCUT2D eigenvalue weighted by atomic mass is 9.97. The molecule has 0 heterocycles. The van der Waals surface area contributed by atoms with Crippen molar-refractivity contribution < 1.29 is 19.0 Å². The Kier molecular flexibility index (Phi) is 5.01. The largest absolute Gasteiger partial charge is 0.486 e. The summed E-state index contributed by atoms with van der Waals surface area (Å²) in [4.78, 5) is 11.5. The molecule has 4 nitrogen and oxygen atoms in total. The molecule has 5 heteroatoms. The molecule has 0 amide bonds. The number of aliphatic carboxylic acids is 1. The van der Waals surface area contributed by atoms with Crippen molar-refractivity contribution in [3.8, 4) is 5.75 Å². The Bertz CT molecular complexity index is 765. The quantitative estimate of drug-likeness (QED) is 0.649. The van der Waals surface area contributed by atoms with Crippen LogP contribution in [-0.4, -0.2) is 11.1 Å². The molecule has 23 heavy (non-hydrogen) atoms. The van der Waals surface area contributed by atoms with Crippen LogP contribution in [-0.2, 0) is 11.4 Å². The molecule has 0 aliphatic carbocycles. The molecule has 0 saturated heterocycles. The van der Waals surface area contributed by atoms with Gasteiger partial charge in [0.05, 0.1) is 5.57 Å². The number of ether oxygens (including phenoxy) is 1. The van der Waals surface area contributed by atoms with Crippen LogP contribution < -0.4 is 10.5 Å². The number of hydrogen-bond acceptors (Lipinski definition) is 3. The number of carboxylic acids is 1. The third-order valence-electron chi connectivity index (χ3n) is 3.34. The summed E-state index contributed by atoms with van der Waals surface area (Å²) in [6.07, 6.45) is 0. The van der Waals surface area contributed by atoms with Gasteiger partial charge in [-0.3, -0.25) is 0 Å². The number of nitrogens with two attached hydrogens (primary N) is 1. The number of benzene rings is 2. The van der Waals surface area contributed by atoms with E-state index in [1.165, 1.54) is 12.1 Å². The van der Waals surface area contributed by atoms with Gasteiger partial charge in [0.25, 0.3) is 0 Å². The van der Waals surface area contributed by atoms with Crippen LogP contribution in [0.5, 0.6) is 5.75 Å². The summed E-state index contributed by atoms with van der Waals surface area (Å²) in [6.45, 7) is 3.53.